The molecule has 5 atom stereocenters. The summed E-state index contributed by atoms with van der Waals surface area (Å²) in [5.41, 5.74) is 6.08. The van der Waals surface area contributed by atoms with Crippen molar-refractivity contribution in [3.63, 3.8) is 0 Å². The molecule has 1 aromatic carbocycles. The Morgan fingerprint density at radius 1 is 1.57 bits per heavy atom. The van der Waals surface area contributed by atoms with Crippen molar-refractivity contribution < 1.29 is 14.3 Å². The highest BCUT2D eigenvalue weighted by Crippen LogP contribution is 2.37. The maximum absolute atomic E-state index is 12.2. The monoisotopic (exact) mass is 310 g/mol. The standard InChI is InChI=1S/C15H19ClN2O3/c1-8(21-10-4-2-3-9(16)7-10)15(19)18-13-12(17)11-5-6-20-14(11)13/h2-4,7-8,11-14H,5-6,17H2,1H3,(H,18,19). The number of nitrogens with two attached hydrogens (primary N) is 1. The van der Waals surface area contributed by atoms with Gasteiger partial charge >= 0.3 is 0 Å². The van der Waals surface area contributed by atoms with E-state index in [0.29, 0.717) is 16.7 Å². The van der Waals surface area contributed by atoms with Crippen molar-refractivity contribution in [3.05, 3.63) is 29.3 Å². The van der Waals surface area contributed by atoms with Gasteiger partial charge in [0.2, 0.25) is 0 Å². The van der Waals surface area contributed by atoms with Crippen molar-refractivity contribution in [3.8, 4) is 5.75 Å². The van der Waals surface area contributed by atoms with Crippen molar-refractivity contribution in [1.82, 2.24) is 5.32 Å². The van der Waals surface area contributed by atoms with Gasteiger partial charge in [0.15, 0.2) is 6.10 Å². The highest BCUT2D eigenvalue weighted by Gasteiger charge is 2.52. The number of benzene rings is 1. The van der Waals surface area contributed by atoms with E-state index < -0.39 is 6.10 Å². The molecule has 5 nitrogen and oxygen atoms in total. The molecule has 1 saturated heterocycles. The molecule has 1 aliphatic heterocycles. The maximum atomic E-state index is 12.2. The van der Waals surface area contributed by atoms with Crippen molar-refractivity contribution in [1.29, 1.82) is 0 Å². The summed E-state index contributed by atoms with van der Waals surface area (Å²) in [5.74, 6) is 0.752. The Bertz CT molecular complexity index is 539. The SMILES string of the molecule is CC(Oc1cccc(Cl)c1)C(=O)NC1C(N)C2CCOC21. The molecule has 0 aromatic heterocycles. The fraction of sp³-hybridized carbons (Fsp3) is 0.533. The minimum Gasteiger partial charge on any atom is -0.481 e. The van der Waals surface area contributed by atoms with E-state index in [1.807, 2.05) is 0 Å². The second kappa shape index (κ2) is 5.83. The van der Waals surface area contributed by atoms with Gasteiger partial charge in [0.1, 0.15) is 5.75 Å². The van der Waals surface area contributed by atoms with Crippen molar-refractivity contribution in [2.24, 2.45) is 11.7 Å². The molecule has 21 heavy (non-hydrogen) atoms. The van der Waals surface area contributed by atoms with Gasteiger partial charge in [-0.05, 0) is 31.5 Å². The van der Waals surface area contributed by atoms with Crippen LogP contribution >= 0.6 is 11.6 Å². The van der Waals surface area contributed by atoms with Crippen LogP contribution in [0.5, 0.6) is 5.75 Å². The Hall–Kier alpha value is -1.30. The number of hydrogen-bond acceptors (Lipinski definition) is 4. The average molecular weight is 311 g/mol. The van der Waals surface area contributed by atoms with Gasteiger partial charge in [-0.2, -0.15) is 0 Å². The smallest absolute Gasteiger partial charge is 0.261 e. The fourth-order valence-corrected chi connectivity index (χ4v) is 3.19. The highest BCUT2D eigenvalue weighted by atomic mass is 35.5. The quantitative estimate of drug-likeness (QED) is 0.880. The Morgan fingerprint density at radius 2 is 2.38 bits per heavy atom. The van der Waals surface area contributed by atoms with Crippen LogP contribution in [0.25, 0.3) is 0 Å². The predicted octanol–water partition coefficient (Wildman–Crippen LogP) is 1.34. The zero-order chi connectivity index (χ0) is 15.0. The molecule has 0 spiro atoms. The third-order valence-corrected chi connectivity index (χ3v) is 4.47. The van der Waals surface area contributed by atoms with Crippen LogP contribution in [0.2, 0.25) is 5.02 Å². The van der Waals surface area contributed by atoms with E-state index >= 15 is 0 Å². The summed E-state index contributed by atoms with van der Waals surface area (Å²) in [6, 6.07) is 6.83. The molecule has 3 N–H and O–H groups in total. The minimum atomic E-state index is -0.615. The number of amides is 1. The number of ether oxygens (including phenoxy) is 2. The molecule has 5 unspecified atom stereocenters. The van der Waals surface area contributed by atoms with Crippen molar-refractivity contribution in [2.45, 2.75) is 37.6 Å². The first-order valence-electron chi connectivity index (χ1n) is 7.16. The van der Waals surface area contributed by atoms with E-state index in [1.54, 1.807) is 31.2 Å². The van der Waals surface area contributed by atoms with Crippen LogP contribution in [0, 0.1) is 5.92 Å². The second-order valence-corrected chi connectivity index (χ2v) is 6.05. The largest absolute Gasteiger partial charge is 0.481 e. The molecule has 1 aliphatic carbocycles. The molecule has 2 fully saturated rings. The first kappa shape index (κ1) is 14.6. The fourth-order valence-electron chi connectivity index (χ4n) is 3.01. The first-order valence-corrected chi connectivity index (χ1v) is 7.54. The Labute approximate surface area is 128 Å². The van der Waals surface area contributed by atoms with Crippen LogP contribution in [0.3, 0.4) is 0 Å². The normalized spacial score (nSPS) is 32.0. The van der Waals surface area contributed by atoms with Crippen LogP contribution in [0.4, 0.5) is 0 Å². The van der Waals surface area contributed by atoms with Crippen LogP contribution in [0.15, 0.2) is 24.3 Å². The lowest BCUT2D eigenvalue weighted by Crippen LogP contribution is -2.69. The van der Waals surface area contributed by atoms with Gasteiger partial charge in [0, 0.05) is 23.6 Å². The van der Waals surface area contributed by atoms with Gasteiger partial charge in [-0.25, -0.2) is 0 Å². The molecule has 1 amide bonds. The van der Waals surface area contributed by atoms with E-state index in [2.05, 4.69) is 5.32 Å². The van der Waals surface area contributed by atoms with Gasteiger partial charge in [-0.1, -0.05) is 17.7 Å². The average Bonchev–Trinajstić information content (AvgIpc) is 2.89. The van der Waals surface area contributed by atoms with E-state index in [9.17, 15) is 4.79 Å². The van der Waals surface area contributed by atoms with Crippen molar-refractivity contribution >= 4 is 17.5 Å². The molecule has 3 rings (SSSR count). The maximum Gasteiger partial charge on any atom is 0.261 e. The number of halogens is 1. The summed E-state index contributed by atoms with van der Waals surface area (Å²) < 4.78 is 11.2. The first-order chi connectivity index (χ1) is 10.1. The zero-order valence-electron chi connectivity index (χ0n) is 11.8. The molecule has 1 saturated carbocycles. The molecular weight excluding hydrogens is 292 g/mol. The van der Waals surface area contributed by atoms with Gasteiger partial charge in [-0.3, -0.25) is 4.79 Å². The van der Waals surface area contributed by atoms with Crippen LogP contribution < -0.4 is 15.8 Å². The summed E-state index contributed by atoms with van der Waals surface area (Å²) in [6.07, 6.45) is 0.422. The lowest BCUT2D eigenvalue weighted by Gasteiger charge is -2.45. The van der Waals surface area contributed by atoms with Crippen LogP contribution in [-0.2, 0) is 9.53 Å². The summed E-state index contributed by atoms with van der Waals surface area (Å²) in [5, 5.41) is 3.50. The number of carbonyl (C=O) groups excluding carboxylic acids is 1. The number of carbonyl (C=O) groups is 1. The third-order valence-electron chi connectivity index (χ3n) is 4.23. The van der Waals surface area contributed by atoms with E-state index in [1.165, 1.54) is 0 Å². The molecule has 1 aromatic rings. The lowest BCUT2D eigenvalue weighted by molar-refractivity contribution is -0.131. The topological polar surface area (TPSA) is 73.6 Å². The van der Waals surface area contributed by atoms with Gasteiger partial charge in [0.25, 0.3) is 5.91 Å². The Kier molecular flexibility index (Phi) is 4.06. The van der Waals surface area contributed by atoms with E-state index in [-0.39, 0.29) is 24.1 Å². The van der Waals surface area contributed by atoms with Gasteiger partial charge in [0.05, 0.1) is 12.1 Å². The molecule has 1 heterocycles. The number of rotatable bonds is 4. The number of nitrogens with one attached hydrogen (secondary N) is 1. The molecule has 0 radical (unpaired) electrons. The highest BCUT2D eigenvalue weighted by molar-refractivity contribution is 6.30. The Morgan fingerprint density at radius 3 is 3.14 bits per heavy atom. The molecule has 2 aliphatic rings. The lowest BCUT2D eigenvalue weighted by atomic mass is 9.72. The number of fused-ring (bicyclic) bond motifs is 1. The molecular formula is C15H19ClN2O3. The molecule has 114 valence electrons. The summed E-state index contributed by atoms with van der Waals surface area (Å²) in [4.78, 5) is 12.2. The molecule has 6 heteroatoms. The van der Waals surface area contributed by atoms with Gasteiger partial charge in [-0.15, -0.1) is 0 Å². The van der Waals surface area contributed by atoms with Crippen LogP contribution in [-0.4, -0.2) is 36.8 Å². The Balaban J connectivity index is 1.55. The van der Waals surface area contributed by atoms with Gasteiger partial charge < -0.3 is 20.5 Å². The minimum absolute atomic E-state index is 0.0279. The zero-order valence-corrected chi connectivity index (χ0v) is 12.5. The summed E-state index contributed by atoms with van der Waals surface area (Å²) >= 11 is 5.89. The van der Waals surface area contributed by atoms with E-state index in [0.717, 1.165) is 13.0 Å². The number of hydrogen-bond donors (Lipinski definition) is 2. The van der Waals surface area contributed by atoms with Crippen molar-refractivity contribution in [2.75, 3.05) is 6.61 Å². The molecule has 0 bridgehead atoms. The van der Waals surface area contributed by atoms with E-state index in [4.69, 9.17) is 26.8 Å². The summed E-state index contributed by atoms with van der Waals surface area (Å²) in [7, 11) is 0. The van der Waals surface area contributed by atoms with Crippen LogP contribution in [0.1, 0.15) is 13.3 Å². The summed E-state index contributed by atoms with van der Waals surface area (Å²) in [6.45, 7) is 2.43. The second-order valence-electron chi connectivity index (χ2n) is 5.62. The predicted molar refractivity (Wildman–Crippen MR) is 79.3 cm³/mol. The third kappa shape index (κ3) is 2.86.